The number of hydrogen-bond acceptors (Lipinski definition) is 5. The predicted octanol–water partition coefficient (Wildman–Crippen LogP) is 3.13. The molecular formula is C20H23N3O3S2. The van der Waals surface area contributed by atoms with Crippen molar-refractivity contribution in [1.29, 1.82) is 0 Å². The number of nitrogens with zero attached hydrogens (tertiary/aromatic N) is 3. The van der Waals surface area contributed by atoms with Gasteiger partial charge in [-0.1, -0.05) is 55.1 Å². The number of carbonyl (C=O) groups excluding carboxylic acids is 1. The standard InChI is InChI=1S/C20H23N3O3S2/c1-15-14-23(19(24)12-16-8-5-4-6-9-16)20(27-15)21-17-10-7-11-18(13-17)28(25,26)22(2)3/h4-11,13,15H,12,14H2,1-3H3/t15-/m1/s1. The quantitative estimate of drug-likeness (QED) is 0.749. The maximum Gasteiger partial charge on any atom is 0.242 e. The molecule has 0 aromatic heterocycles. The van der Waals surface area contributed by atoms with Crippen LogP contribution in [-0.4, -0.2) is 54.6 Å². The minimum absolute atomic E-state index is 0.0149. The fourth-order valence-corrected chi connectivity index (χ4v) is 4.80. The Kier molecular flexibility index (Phi) is 6.22. The third-order valence-electron chi connectivity index (χ3n) is 4.30. The van der Waals surface area contributed by atoms with Crippen LogP contribution in [0.2, 0.25) is 0 Å². The van der Waals surface area contributed by atoms with Crippen LogP contribution >= 0.6 is 11.8 Å². The minimum Gasteiger partial charge on any atom is -0.290 e. The highest BCUT2D eigenvalue weighted by Gasteiger charge is 2.30. The Morgan fingerprint density at radius 3 is 2.57 bits per heavy atom. The summed E-state index contributed by atoms with van der Waals surface area (Å²) in [6.45, 7) is 2.63. The van der Waals surface area contributed by atoms with Crippen LogP contribution in [0.15, 0.2) is 64.5 Å². The summed E-state index contributed by atoms with van der Waals surface area (Å²) in [5.74, 6) is -0.0149. The van der Waals surface area contributed by atoms with E-state index in [2.05, 4.69) is 4.99 Å². The summed E-state index contributed by atoms with van der Waals surface area (Å²) in [6, 6.07) is 16.1. The van der Waals surface area contributed by atoms with Crippen molar-refractivity contribution >= 4 is 38.5 Å². The van der Waals surface area contributed by atoms with Gasteiger partial charge in [-0.3, -0.25) is 9.69 Å². The number of benzene rings is 2. The summed E-state index contributed by atoms with van der Waals surface area (Å²) >= 11 is 1.52. The smallest absolute Gasteiger partial charge is 0.242 e. The van der Waals surface area contributed by atoms with Crippen LogP contribution in [0.3, 0.4) is 0 Å². The first kappa shape index (κ1) is 20.6. The second-order valence-corrected chi connectivity index (χ2v) is 10.3. The molecule has 2 aromatic rings. The van der Waals surface area contributed by atoms with Crippen LogP contribution in [0.25, 0.3) is 0 Å². The van der Waals surface area contributed by atoms with E-state index in [-0.39, 0.29) is 16.1 Å². The molecule has 0 aliphatic carbocycles. The Bertz CT molecular complexity index is 989. The summed E-state index contributed by atoms with van der Waals surface area (Å²) in [5, 5.41) is 0.833. The Labute approximate surface area is 170 Å². The third-order valence-corrected chi connectivity index (χ3v) is 7.18. The van der Waals surface area contributed by atoms with Crippen LogP contribution in [0.1, 0.15) is 12.5 Å². The van der Waals surface area contributed by atoms with E-state index in [0.717, 1.165) is 5.56 Å². The van der Waals surface area contributed by atoms with Crippen LogP contribution < -0.4 is 0 Å². The van der Waals surface area contributed by atoms with Gasteiger partial charge in [0.05, 0.1) is 17.0 Å². The van der Waals surface area contributed by atoms with Gasteiger partial charge in [-0.05, 0) is 23.8 Å². The summed E-state index contributed by atoms with van der Waals surface area (Å²) < 4.78 is 25.9. The van der Waals surface area contributed by atoms with Gasteiger partial charge in [-0.15, -0.1) is 0 Å². The molecule has 0 bridgehead atoms. The van der Waals surface area contributed by atoms with Crippen molar-refractivity contribution in [3.05, 3.63) is 60.2 Å². The molecule has 1 saturated heterocycles. The molecule has 1 aliphatic rings. The molecule has 28 heavy (non-hydrogen) atoms. The Balaban J connectivity index is 1.87. The first-order valence-electron chi connectivity index (χ1n) is 8.89. The monoisotopic (exact) mass is 417 g/mol. The van der Waals surface area contributed by atoms with E-state index in [4.69, 9.17) is 0 Å². The number of amidine groups is 1. The fourth-order valence-electron chi connectivity index (χ4n) is 2.81. The molecular weight excluding hydrogens is 394 g/mol. The normalized spacial score (nSPS) is 18.8. The predicted molar refractivity (Wildman–Crippen MR) is 113 cm³/mol. The molecule has 0 N–H and O–H groups in total. The topological polar surface area (TPSA) is 70.0 Å². The molecule has 2 aromatic carbocycles. The van der Waals surface area contributed by atoms with Gasteiger partial charge in [0, 0.05) is 25.9 Å². The molecule has 1 atom stereocenters. The van der Waals surface area contributed by atoms with Crippen molar-refractivity contribution in [2.45, 2.75) is 23.5 Å². The molecule has 1 heterocycles. The zero-order valence-electron chi connectivity index (χ0n) is 16.1. The molecule has 1 aliphatic heterocycles. The lowest BCUT2D eigenvalue weighted by Gasteiger charge is -2.16. The van der Waals surface area contributed by atoms with Crippen molar-refractivity contribution in [2.75, 3.05) is 20.6 Å². The van der Waals surface area contributed by atoms with E-state index < -0.39 is 10.0 Å². The first-order valence-corrected chi connectivity index (χ1v) is 11.2. The molecule has 6 nitrogen and oxygen atoms in total. The average Bonchev–Trinajstić information content (AvgIpc) is 3.03. The highest BCUT2D eigenvalue weighted by atomic mass is 32.2. The van der Waals surface area contributed by atoms with Crippen LogP contribution in [0.5, 0.6) is 0 Å². The largest absolute Gasteiger partial charge is 0.290 e. The SMILES string of the molecule is C[C@@H]1CN(C(=O)Cc2ccccc2)C(=Nc2cccc(S(=O)(=O)N(C)C)c2)S1. The van der Waals surface area contributed by atoms with Crippen molar-refractivity contribution < 1.29 is 13.2 Å². The van der Waals surface area contributed by atoms with Crippen molar-refractivity contribution in [3.63, 3.8) is 0 Å². The van der Waals surface area contributed by atoms with Gasteiger partial charge in [-0.2, -0.15) is 0 Å². The minimum atomic E-state index is -3.54. The van der Waals surface area contributed by atoms with Crippen molar-refractivity contribution in [2.24, 2.45) is 4.99 Å². The van der Waals surface area contributed by atoms with Crippen LogP contribution in [0.4, 0.5) is 5.69 Å². The van der Waals surface area contributed by atoms with Gasteiger partial charge in [0.1, 0.15) is 0 Å². The summed E-state index contributed by atoms with van der Waals surface area (Å²) in [6.07, 6.45) is 0.308. The number of carbonyl (C=O) groups is 1. The van der Waals surface area contributed by atoms with Crippen LogP contribution in [-0.2, 0) is 21.2 Å². The molecule has 1 amide bonds. The summed E-state index contributed by atoms with van der Waals surface area (Å²) in [7, 11) is -0.553. The Morgan fingerprint density at radius 2 is 1.89 bits per heavy atom. The zero-order valence-corrected chi connectivity index (χ0v) is 17.7. The van der Waals surface area contributed by atoms with Gasteiger partial charge in [0.2, 0.25) is 15.9 Å². The van der Waals surface area contributed by atoms with Gasteiger partial charge < -0.3 is 0 Å². The maximum atomic E-state index is 12.8. The summed E-state index contributed by atoms with van der Waals surface area (Å²) in [4.78, 5) is 19.3. The molecule has 0 saturated carbocycles. The van der Waals surface area contributed by atoms with Crippen molar-refractivity contribution in [3.8, 4) is 0 Å². The highest BCUT2D eigenvalue weighted by Crippen LogP contribution is 2.29. The molecule has 0 radical (unpaired) electrons. The van der Waals surface area contributed by atoms with E-state index in [0.29, 0.717) is 23.8 Å². The number of thioether (sulfide) groups is 1. The Hall–Kier alpha value is -2.16. The number of hydrogen-bond donors (Lipinski definition) is 0. The lowest BCUT2D eigenvalue weighted by atomic mass is 10.1. The maximum absolute atomic E-state index is 12.8. The van der Waals surface area contributed by atoms with Gasteiger partial charge >= 0.3 is 0 Å². The molecule has 1 fully saturated rings. The lowest BCUT2D eigenvalue weighted by Crippen LogP contribution is -2.33. The molecule has 8 heteroatoms. The second kappa shape index (κ2) is 8.46. The fraction of sp³-hybridized carbons (Fsp3) is 0.300. The van der Waals surface area contributed by atoms with Gasteiger partial charge in [-0.25, -0.2) is 17.7 Å². The first-order chi connectivity index (χ1) is 13.3. The van der Waals surface area contributed by atoms with Crippen molar-refractivity contribution in [1.82, 2.24) is 9.21 Å². The molecule has 0 unspecified atom stereocenters. The Morgan fingerprint density at radius 1 is 1.18 bits per heavy atom. The summed E-state index contributed by atoms with van der Waals surface area (Å²) in [5.41, 5.74) is 1.47. The third kappa shape index (κ3) is 4.63. The van der Waals surface area contributed by atoms with E-state index >= 15 is 0 Å². The molecule has 3 rings (SSSR count). The zero-order chi connectivity index (χ0) is 20.3. The molecule has 0 spiro atoms. The van der Waals surface area contributed by atoms with E-state index in [9.17, 15) is 13.2 Å². The lowest BCUT2D eigenvalue weighted by molar-refractivity contribution is -0.126. The average molecular weight is 418 g/mol. The van der Waals surface area contributed by atoms with E-state index in [1.54, 1.807) is 23.1 Å². The van der Waals surface area contributed by atoms with Gasteiger partial charge in [0.25, 0.3) is 0 Å². The van der Waals surface area contributed by atoms with E-state index in [1.807, 2.05) is 37.3 Å². The van der Waals surface area contributed by atoms with Gasteiger partial charge in [0.15, 0.2) is 5.17 Å². The van der Waals surface area contributed by atoms with E-state index in [1.165, 1.54) is 36.2 Å². The van der Waals surface area contributed by atoms with Crippen LogP contribution in [0, 0.1) is 0 Å². The number of aliphatic imine (C=N–C) groups is 1. The highest BCUT2D eigenvalue weighted by molar-refractivity contribution is 8.14. The molecule has 148 valence electrons. The number of rotatable bonds is 5. The second-order valence-electron chi connectivity index (χ2n) is 6.77. The number of sulfonamides is 1. The number of amides is 1.